The SMILES string of the molecule is O=C1N[C@H](c2ccc([N+](=O)[O-])cc2)C2(C(=O)OC3(CCCC3)OC2=O)[C@H](c2ccc([N+](=O)[O-])cc2)N1. The summed E-state index contributed by atoms with van der Waals surface area (Å²) in [5, 5.41) is 27.4. The largest absolute Gasteiger partial charge is 0.421 e. The van der Waals surface area contributed by atoms with Gasteiger partial charge in [0.05, 0.1) is 21.9 Å². The van der Waals surface area contributed by atoms with Gasteiger partial charge in [-0.3, -0.25) is 29.8 Å². The summed E-state index contributed by atoms with van der Waals surface area (Å²) in [6.07, 6.45) is 2.07. The molecular weight excluding hydrogens is 476 g/mol. The van der Waals surface area contributed by atoms with Crippen molar-refractivity contribution in [2.24, 2.45) is 5.41 Å². The minimum Gasteiger partial charge on any atom is -0.421 e. The Balaban J connectivity index is 1.66. The molecule has 2 atom stereocenters. The zero-order chi connectivity index (χ0) is 25.7. The van der Waals surface area contributed by atoms with E-state index in [9.17, 15) is 34.6 Å². The number of hydrogen-bond acceptors (Lipinski definition) is 9. The molecule has 3 aliphatic rings. The molecule has 0 radical (unpaired) electrons. The number of urea groups is 1. The van der Waals surface area contributed by atoms with Crippen molar-refractivity contribution < 1.29 is 33.7 Å². The van der Waals surface area contributed by atoms with Crippen LogP contribution in [-0.2, 0) is 19.1 Å². The molecule has 13 nitrogen and oxygen atoms in total. The maximum Gasteiger partial charge on any atom is 0.331 e. The number of hydrogen-bond donors (Lipinski definition) is 2. The zero-order valence-corrected chi connectivity index (χ0v) is 18.7. The van der Waals surface area contributed by atoms with Crippen LogP contribution in [0.4, 0.5) is 16.2 Å². The van der Waals surface area contributed by atoms with Gasteiger partial charge >= 0.3 is 18.0 Å². The highest BCUT2D eigenvalue weighted by Crippen LogP contribution is 2.54. The number of benzene rings is 2. The smallest absolute Gasteiger partial charge is 0.331 e. The highest BCUT2D eigenvalue weighted by Gasteiger charge is 2.69. The molecule has 2 saturated heterocycles. The van der Waals surface area contributed by atoms with Crippen LogP contribution in [0.25, 0.3) is 0 Å². The molecule has 186 valence electrons. The number of nitrogens with one attached hydrogen (secondary N) is 2. The van der Waals surface area contributed by atoms with Gasteiger partial charge in [-0.15, -0.1) is 0 Å². The first-order valence-electron chi connectivity index (χ1n) is 11.2. The molecule has 3 fully saturated rings. The van der Waals surface area contributed by atoms with E-state index in [2.05, 4.69) is 10.6 Å². The highest BCUT2D eigenvalue weighted by atomic mass is 16.7. The van der Waals surface area contributed by atoms with Crippen LogP contribution in [0.5, 0.6) is 0 Å². The number of rotatable bonds is 4. The first-order valence-corrected chi connectivity index (χ1v) is 11.2. The Morgan fingerprint density at radius 3 is 1.47 bits per heavy atom. The standard InChI is InChI=1S/C23H20N4O9/c28-19-23(20(29)36-22(35-19)11-1-2-12-22)17(13-3-7-15(8-4-13)26(31)32)24-21(30)25-18(23)14-5-9-16(10-6-14)27(33)34/h3-10,17-18H,1-2,11-12H2,(H2,24,25,30)/t17-,18+. The molecule has 2 spiro atoms. The number of nitro benzene ring substituents is 2. The van der Waals surface area contributed by atoms with Gasteiger partial charge in [-0.1, -0.05) is 24.3 Å². The van der Waals surface area contributed by atoms with Crippen LogP contribution in [0.15, 0.2) is 48.5 Å². The minimum absolute atomic E-state index is 0.223. The molecule has 2 heterocycles. The summed E-state index contributed by atoms with van der Waals surface area (Å²) < 4.78 is 11.5. The van der Waals surface area contributed by atoms with Crippen molar-refractivity contribution in [2.45, 2.75) is 43.6 Å². The Labute approximate surface area is 203 Å². The van der Waals surface area contributed by atoms with Gasteiger partial charge in [-0.2, -0.15) is 0 Å². The van der Waals surface area contributed by atoms with Crippen molar-refractivity contribution in [3.63, 3.8) is 0 Å². The highest BCUT2D eigenvalue weighted by molar-refractivity contribution is 6.05. The molecule has 13 heteroatoms. The zero-order valence-electron chi connectivity index (χ0n) is 18.7. The predicted molar refractivity (Wildman–Crippen MR) is 119 cm³/mol. The second-order valence-electron chi connectivity index (χ2n) is 8.95. The quantitative estimate of drug-likeness (QED) is 0.278. The molecule has 1 saturated carbocycles. The average Bonchev–Trinajstić information content (AvgIpc) is 3.30. The predicted octanol–water partition coefficient (Wildman–Crippen LogP) is 2.95. The van der Waals surface area contributed by atoms with Gasteiger partial charge in [-0.25, -0.2) is 4.79 Å². The molecule has 2 amide bonds. The number of carbonyl (C=O) groups excluding carboxylic acids is 3. The summed E-state index contributed by atoms with van der Waals surface area (Å²) in [5.41, 5.74) is -2.14. The number of nitro groups is 2. The molecular formula is C23H20N4O9. The van der Waals surface area contributed by atoms with Gasteiger partial charge < -0.3 is 20.1 Å². The fraction of sp³-hybridized carbons (Fsp3) is 0.348. The van der Waals surface area contributed by atoms with Gasteiger partial charge in [0, 0.05) is 37.1 Å². The third-order valence-corrected chi connectivity index (χ3v) is 6.93. The molecule has 2 aliphatic heterocycles. The third-order valence-electron chi connectivity index (χ3n) is 6.93. The van der Waals surface area contributed by atoms with E-state index in [1.54, 1.807) is 0 Å². The Hall–Kier alpha value is -4.55. The van der Waals surface area contributed by atoms with Crippen molar-refractivity contribution in [2.75, 3.05) is 0 Å². The summed E-state index contributed by atoms with van der Waals surface area (Å²) in [4.78, 5) is 61.4. The van der Waals surface area contributed by atoms with Crippen LogP contribution in [0.3, 0.4) is 0 Å². The molecule has 0 unspecified atom stereocenters. The van der Waals surface area contributed by atoms with Crippen LogP contribution >= 0.6 is 0 Å². The first-order chi connectivity index (χ1) is 17.2. The maximum atomic E-state index is 13.8. The van der Waals surface area contributed by atoms with E-state index >= 15 is 0 Å². The Bertz CT molecular complexity index is 1180. The lowest BCUT2D eigenvalue weighted by molar-refractivity contribution is -0.385. The summed E-state index contributed by atoms with van der Waals surface area (Å²) in [7, 11) is 0. The number of ether oxygens (including phenoxy) is 2. The van der Waals surface area contributed by atoms with Gasteiger partial charge in [0.25, 0.3) is 17.2 Å². The van der Waals surface area contributed by atoms with E-state index in [0.29, 0.717) is 25.7 Å². The summed E-state index contributed by atoms with van der Waals surface area (Å²) in [5.74, 6) is -3.25. The molecule has 2 aromatic carbocycles. The van der Waals surface area contributed by atoms with Crippen LogP contribution in [0, 0.1) is 25.6 Å². The molecule has 0 aromatic heterocycles. The number of amides is 2. The minimum atomic E-state index is -2.16. The molecule has 5 rings (SSSR count). The van der Waals surface area contributed by atoms with Crippen molar-refractivity contribution in [1.82, 2.24) is 10.6 Å². The van der Waals surface area contributed by atoms with Gasteiger partial charge in [0.2, 0.25) is 5.41 Å². The van der Waals surface area contributed by atoms with Crippen molar-refractivity contribution in [3.05, 3.63) is 79.9 Å². The van der Waals surface area contributed by atoms with E-state index in [1.165, 1.54) is 48.5 Å². The summed E-state index contributed by atoms with van der Waals surface area (Å²) in [6.45, 7) is 0. The third kappa shape index (κ3) is 3.51. The Kier molecular flexibility index (Phi) is 5.34. The molecule has 1 aliphatic carbocycles. The second kappa shape index (κ2) is 8.29. The van der Waals surface area contributed by atoms with Crippen LogP contribution in [0.2, 0.25) is 0 Å². The average molecular weight is 496 g/mol. The van der Waals surface area contributed by atoms with Crippen molar-refractivity contribution in [1.29, 1.82) is 0 Å². The van der Waals surface area contributed by atoms with Crippen LogP contribution in [0.1, 0.15) is 48.9 Å². The lowest BCUT2D eigenvalue weighted by Gasteiger charge is -2.50. The summed E-state index contributed by atoms with van der Waals surface area (Å²) >= 11 is 0. The topological polar surface area (TPSA) is 180 Å². The summed E-state index contributed by atoms with van der Waals surface area (Å²) in [6, 6.07) is 6.75. The normalized spacial score (nSPS) is 23.9. The van der Waals surface area contributed by atoms with Crippen molar-refractivity contribution >= 4 is 29.3 Å². The Morgan fingerprint density at radius 1 is 0.722 bits per heavy atom. The van der Waals surface area contributed by atoms with E-state index < -0.39 is 51.1 Å². The van der Waals surface area contributed by atoms with Gasteiger partial charge in [0.1, 0.15) is 0 Å². The van der Waals surface area contributed by atoms with E-state index in [-0.39, 0.29) is 22.5 Å². The number of non-ortho nitro benzene ring substituents is 2. The van der Waals surface area contributed by atoms with Gasteiger partial charge in [-0.05, 0) is 24.0 Å². The fourth-order valence-corrected chi connectivity index (χ4v) is 5.17. The first kappa shape index (κ1) is 23.2. The number of esters is 2. The monoisotopic (exact) mass is 496 g/mol. The lowest BCUT2D eigenvalue weighted by atomic mass is 9.67. The number of carbonyl (C=O) groups is 3. The number of nitrogens with zero attached hydrogens (tertiary/aromatic N) is 2. The van der Waals surface area contributed by atoms with E-state index in [4.69, 9.17) is 9.47 Å². The van der Waals surface area contributed by atoms with Crippen molar-refractivity contribution in [3.8, 4) is 0 Å². The Morgan fingerprint density at radius 2 is 1.11 bits per heavy atom. The molecule has 2 aromatic rings. The van der Waals surface area contributed by atoms with E-state index in [1.807, 2.05) is 0 Å². The van der Waals surface area contributed by atoms with Gasteiger partial charge in [0.15, 0.2) is 0 Å². The van der Waals surface area contributed by atoms with Crippen LogP contribution < -0.4 is 10.6 Å². The van der Waals surface area contributed by atoms with Crippen LogP contribution in [-0.4, -0.2) is 33.6 Å². The van der Waals surface area contributed by atoms with E-state index in [0.717, 1.165) is 0 Å². The maximum absolute atomic E-state index is 13.8. The lowest BCUT2D eigenvalue weighted by Crippen LogP contribution is -2.69. The second-order valence-corrected chi connectivity index (χ2v) is 8.95. The molecule has 2 N–H and O–H groups in total. The fourth-order valence-electron chi connectivity index (χ4n) is 5.17. The molecule has 0 bridgehead atoms. The molecule has 36 heavy (non-hydrogen) atoms.